The molecule has 2 aromatic rings. The van der Waals surface area contributed by atoms with E-state index in [0.717, 1.165) is 43.1 Å². The Balaban J connectivity index is 1.82. The lowest BCUT2D eigenvalue weighted by molar-refractivity contribution is -0.137. The molecule has 0 saturated carbocycles. The van der Waals surface area contributed by atoms with Crippen molar-refractivity contribution >= 4 is 22.9 Å². The van der Waals surface area contributed by atoms with Crippen LogP contribution in [0.1, 0.15) is 74.5 Å². The van der Waals surface area contributed by atoms with Gasteiger partial charge in [0.1, 0.15) is 0 Å². The highest BCUT2D eigenvalue weighted by atomic mass is 16.4. The normalized spacial score (nSPS) is 11.2. The fourth-order valence-corrected chi connectivity index (χ4v) is 2.90. The molecule has 2 N–H and O–H groups in total. The van der Waals surface area contributed by atoms with Gasteiger partial charge in [-0.2, -0.15) is 5.10 Å². The number of carbonyl (C=O) groups is 2. The van der Waals surface area contributed by atoms with Gasteiger partial charge in [0, 0.05) is 24.4 Å². The van der Waals surface area contributed by atoms with Crippen LogP contribution in [0.3, 0.4) is 0 Å². The second-order valence-corrected chi connectivity index (χ2v) is 6.88. The molecule has 0 aromatic carbocycles. The van der Waals surface area contributed by atoms with E-state index in [2.05, 4.69) is 15.4 Å². The van der Waals surface area contributed by atoms with E-state index in [9.17, 15) is 9.59 Å². The summed E-state index contributed by atoms with van der Waals surface area (Å²) >= 11 is 0. The first kappa shape index (κ1) is 19.9. The number of hydrogen-bond acceptors (Lipinski definition) is 4. The van der Waals surface area contributed by atoms with E-state index in [4.69, 9.17) is 5.11 Å². The Bertz CT molecular complexity index is 767. The van der Waals surface area contributed by atoms with Crippen LogP contribution in [0, 0.1) is 6.92 Å². The number of nitrogens with zero attached hydrogens (tertiary/aromatic N) is 3. The van der Waals surface area contributed by atoms with Crippen LogP contribution in [-0.2, 0) is 4.79 Å². The average molecular weight is 360 g/mol. The Morgan fingerprint density at radius 1 is 1.19 bits per heavy atom. The second kappa shape index (κ2) is 9.31. The summed E-state index contributed by atoms with van der Waals surface area (Å²) in [6.07, 6.45) is 6.48. The molecule has 2 aromatic heterocycles. The summed E-state index contributed by atoms with van der Waals surface area (Å²) in [7, 11) is 0. The Kier molecular flexibility index (Phi) is 7.12. The number of fused-ring (bicyclic) bond motifs is 1. The maximum atomic E-state index is 12.4. The summed E-state index contributed by atoms with van der Waals surface area (Å²) in [5.74, 6) is -0.850. The van der Waals surface area contributed by atoms with E-state index in [1.807, 2.05) is 31.5 Å². The van der Waals surface area contributed by atoms with Gasteiger partial charge in [-0.15, -0.1) is 0 Å². The van der Waals surface area contributed by atoms with Crippen molar-refractivity contribution in [2.75, 3.05) is 6.54 Å². The Morgan fingerprint density at radius 3 is 2.58 bits per heavy atom. The van der Waals surface area contributed by atoms with Gasteiger partial charge in [-0.25, -0.2) is 9.67 Å². The van der Waals surface area contributed by atoms with Crippen LogP contribution in [0.15, 0.2) is 12.3 Å². The molecule has 0 saturated heterocycles. The quantitative estimate of drug-likeness (QED) is 0.632. The lowest BCUT2D eigenvalue weighted by Gasteiger charge is -2.10. The van der Waals surface area contributed by atoms with E-state index >= 15 is 0 Å². The molecule has 0 bridgehead atoms. The van der Waals surface area contributed by atoms with Crippen LogP contribution in [0.4, 0.5) is 0 Å². The number of hydrogen-bond donors (Lipinski definition) is 2. The van der Waals surface area contributed by atoms with Crippen molar-refractivity contribution in [3.8, 4) is 0 Å². The zero-order valence-electron chi connectivity index (χ0n) is 15.8. The van der Waals surface area contributed by atoms with E-state index in [0.29, 0.717) is 17.8 Å². The molecule has 0 fully saturated rings. The topological polar surface area (TPSA) is 97.1 Å². The third kappa shape index (κ3) is 5.28. The van der Waals surface area contributed by atoms with Gasteiger partial charge in [0.15, 0.2) is 5.65 Å². The largest absolute Gasteiger partial charge is 0.481 e. The van der Waals surface area contributed by atoms with Gasteiger partial charge < -0.3 is 10.4 Å². The summed E-state index contributed by atoms with van der Waals surface area (Å²) in [6.45, 7) is 6.55. The summed E-state index contributed by atoms with van der Waals surface area (Å²) in [5.41, 5.74) is 2.09. The van der Waals surface area contributed by atoms with Gasteiger partial charge in [-0.05, 0) is 39.7 Å². The first-order valence-corrected chi connectivity index (χ1v) is 9.25. The maximum Gasteiger partial charge on any atom is 0.303 e. The van der Waals surface area contributed by atoms with Crippen molar-refractivity contribution in [2.45, 2.75) is 65.3 Å². The van der Waals surface area contributed by atoms with Crippen LogP contribution in [0.2, 0.25) is 0 Å². The lowest BCUT2D eigenvalue weighted by atomic mass is 10.1. The number of carbonyl (C=O) groups excluding carboxylic acids is 1. The van der Waals surface area contributed by atoms with Gasteiger partial charge in [0.2, 0.25) is 0 Å². The Labute approximate surface area is 153 Å². The van der Waals surface area contributed by atoms with Crippen molar-refractivity contribution in [3.63, 3.8) is 0 Å². The number of carboxylic acids is 1. The summed E-state index contributed by atoms with van der Waals surface area (Å²) in [4.78, 5) is 27.4. The minimum absolute atomic E-state index is 0.111. The summed E-state index contributed by atoms with van der Waals surface area (Å²) in [6, 6.07) is 2.07. The van der Waals surface area contributed by atoms with Crippen LogP contribution in [0.5, 0.6) is 0 Å². The molecule has 0 spiro atoms. The lowest BCUT2D eigenvalue weighted by Crippen LogP contribution is -2.25. The van der Waals surface area contributed by atoms with Crippen molar-refractivity contribution in [3.05, 3.63) is 23.5 Å². The van der Waals surface area contributed by atoms with Crippen molar-refractivity contribution < 1.29 is 14.7 Å². The predicted octanol–water partition coefficient (Wildman–Crippen LogP) is 3.48. The molecule has 7 heteroatoms. The summed E-state index contributed by atoms with van der Waals surface area (Å²) in [5, 5.41) is 16.7. The Hall–Kier alpha value is -2.44. The third-order valence-electron chi connectivity index (χ3n) is 4.35. The number of rotatable bonds is 10. The van der Waals surface area contributed by atoms with E-state index < -0.39 is 5.97 Å². The first-order valence-electron chi connectivity index (χ1n) is 9.25. The number of unbranched alkanes of at least 4 members (excludes halogenated alkanes) is 4. The van der Waals surface area contributed by atoms with Gasteiger partial charge >= 0.3 is 5.97 Å². The third-order valence-corrected chi connectivity index (χ3v) is 4.35. The highest BCUT2D eigenvalue weighted by Gasteiger charge is 2.14. The SMILES string of the molecule is Cc1nc2c(cnn2C(C)C)cc1C(=O)NCCCCCCCC(=O)O. The maximum absolute atomic E-state index is 12.4. The minimum Gasteiger partial charge on any atom is -0.481 e. The van der Waals surface area contributed by atoms with Crippen LogP contribution >= 0.6 is 0 Å². The molecule has 0 radical (unpaired) electrons. The molecule has 0 aliphatic rings. The van der Waals surface area contributed by atoms with Crippen LogP contribution < -0.4 is 5.32 Å². The molecule has 0 aliphatic heterocycles. The van der Waals surface area contributed by atoms with Crippen molar-refractivity contribution in [1.82, 2.24) is 20.1 Å². The van der Waals surface area contributed by atoms with Crippen LogP contribution in [-0.4, -0.2) is 38.3 Å². The fourth-order valence-electron chi connectivity index (χ4n) is 2.90. The number of aliphatic carboxylic acids is 1. The second-order valence-electron chi connectivity index (χ2n) is 6.88. The average Bonchev–Trinajstić information content (AvgIpc) is 2.98. The van der Waals surface area contributed by atoms with Crippen LogP contribution in [0.25, 0.3) is 11.0 Å². The smallest absolute Gasteiger partial charge is 0.303 e. The highest BCUT2D eigenvalue weighted by molar-refractivity contribution is 5.98. The number of aromatic nitrogens is 3. The zero-order chi connectivity index (χ0) is 19.1. The molecule has 0 aliphatic carbocycles. The highest BCUT2D eigenvalue weighted by Crippen LogP contribution is 2.19. The number of carboxylic acid groups (broad SMARTS) is 1. The molecular formula is C19H28N4O3. The Morgan fingerprint density at radius 2 is 1.88 bits per heavy atom. The van der Waals surface area contributed by atoms with E-state index in [-0.39, 0.29) is 18.4 Å². The van der Waals surface area contributed by atoms with Crippen molar-refractivity contribution in [1.29, 1.82) is 0 Å². The predicted molar refractivity (Wildman–Crippen MR) is 100 cm³/mol. The molecular weight excluding hydrogens is 332 g/mol. The van der Waals surface area contributed by atoms with Gasteiger partial charge in [0.05, 0.1) is 17.5 Å². The van der Waals surface area contributed by atoms with E-state index in [1.54, 1.807) is 6.20 Å². The molecule has 2 heterocycles. The van der Waals surface area contributed by atoms with Crippen molar-refractivity contribution in [2.24, 2.45) is 0 Å². The standard InChI is InChI=1S/C19H28N4O3/c1-13(2)23-18-15(12-21-23)11-16(14(3)22-18)19(26)20-10-8-6-4-5-7-9-17(24)25/h11-13H,4-10H2,1-3H3,(H,20,26)(H,24,25). The molecule has 1 amide bonds. The molecule has 0 atom stereocenters. The zero-order valence-corrected chi connectivity index (χ0v) is 15.8. The summed E-state index contributed by atoms with van der Waals surface area (Å²) < 4.78 is 1.86. The fraction of sp³-hybridized carbons (Fsp3) is 0.579. The number of aryl methyl sites for hydroxylation is 1. The van der Waals surface area contributed by atoms with Gasteiger partial charge in [-0.3, -0.25) is 9.59 Å². The number of amides is 1. The van der Waals surface area contributed by atoms with Gasteiger partial charge in [0.25, 0.3) is 5.91 Å². The van der Waals surface area contributed by atoms with Gasteiger partial charge in [-0.1, -0.05) is 19.3 Å². The molecule has 0 unspecified atom stereocenters. The monoisotopic (exact) mass is 360 g/mol. The molecule has 7 nitrogen and oxygen atoms in total. The molecule has 26 heavy (non-hydrogen) atoms. The molecule has 2 rings (SSSR count). The number of nitrogens with one attached hydrogen (secondary N) is 1. The first-order chi connectivity index (χ1) is 12.4. The molecule has 142 valence electrons. The minimum atomic E-state index is -0.739. The van der Waals surface area contributed by atoms with E-state index in [1.165, 1.54) is 0 Å². The number of pyridine rings is 1.